The SMILES string of the molecule is CCNC(=O)[C@@H](CC)N(CCc1ccccc1)C(=O)CN(c1cc(C)ccc1C)S(=O)(=O)c1ccccc1. The summed E-state index contributed by atoms with van der Waals surface area (Å²) in [4.78, 5) is 28.6. The fourth-order valence-corrected chi connectivity index (χ4v) is 5.90. The molecule has 0 saturated heterocycles. The lowest BCUT2D eigenvalue weighted by atomic mass is 10.1. The Balaban J connectivity index is 2.03. The molecule has 1 atom stereocenters. The number of carbonyl (C=O) groups is 2. The fourth-order valence-electron chi connectivity index (χ4n) is 4.41. The van der Waals surface area contributed by atoms with Gasteiger partial charge >= 0.3 is 0 Å². The first kappa shape index (κ1) is 28.9. The molecule has 0 unspecified atom stereocenters. The van der Waals surface area contributed by atoms with E-state index in [0.717, 1.165) is 16.7 Å². The van der Waals surface area contributed by atoms with Gasteiger partial charge in [0.15, 0.2) is 0 Å². The number of likely N-dealkylation sites (N-methyl/N-ethyl adjacent to an activating group) is 1. The third kappa shape index (κ3) is 7.01. The highest BCUT2D eigenvalue weighted by Crippen LogP contribution is 2.28. The first-order valence-corrected chi connectivity index (χ1v) is 14.4. The van der Waals surface area contributed by atoms with Gasteiger partial charge in [-0.25, -0.2) is 8.42 Å². The predicted molar refractivity (Wildman–Crippen MR) is 152 cm³/mol. The average Bonchev–Trinajstić information content (AvgIpc) is 2.92. The van der Waals surface area contributed by atoms with Crippen molar-refractivity contribution in [3.63, 3.8) is 0 Å². The summed E-state index contributed by atoms with van der Waals surface area (Å²) in [5, 5.41) is 2.82. The second-order valence-electron chi connectivity index (χ2n) is 9.26. The van der Waals surface area contributed by atoms with Gasteiger partial charge in [0, 0.05) is 13.1 Å². The predicted octanol–water partition coefficient (Wildman–Crippen LogP) is 4.48. The summed E-state index contributed by atoms with van der Waals surface area (Å²) in [5.41, 5.74) is 3.08. The van der Waals surface area contributed by atoms with E-state index in [1.165, 1.54) is 21.3 Å². The highest BCUT2D eigenvalue weighted by atomic mass is 32.2. The van der Waals surface area contributed by atoms with Crippen LogP contribution in [-0.2, 0) is 26.0 Å². The van der Waals surface area contributed by atoms with E-state index in [1.807, 2.05) is 70.2 Å². The lowest BCUT2D eigenvalue weighted by Crippen LogP contribution is -2.53. The third-order valence-corrected chi connectivity index (χ3v) is 8.24. The third-order valence-electron chi connectivity index (χ3n) is 6.46. The molecule has 1 N–H and O–H groups in total. The second-order valence-corrected chi connectivity index (χ2v) is 11.1. The number of carbonyl (C=O) groups excluding carboxylic acids is 2. The fraction of sp³-hybridized carbons (Fsp3) is 0.333. The van der Waals surface area contributed by atoms with Crippen molar-refractivity contribution in [3.8, 4) is 0 Å². The highest BCUT2D eigenvalue weighted by Gasteiger charge is 2.33. The molecule has 7 nitrogen and oxygen atoms in total. The Morgan fingerprint density at radius 3 is 2.13 bits per heavy atom. The van der Waals surface area contributed by atoms with Gasteiger partial charge in [-0.1, -0.05) is 67.6 Å². The number of hydrogen-bond donors (Lipinski definition) is 1. The van der Waals surface area contributed by atoms with Crippen molar-refractivity contribution in [3.05, 3.63) is 95.6 Å². The maximum Gasteiger partial charge on any atom is 0.264 e. The molecule has 3 rings (SSSR count). The van der Waals surface area contributed by atoms with Crippen LogP contribution >= 0.6 is 0 Å². The second kappa shape index (κ2) is 13.2. The van der Waals surface area contributed by atoms with Crippen LogP contribution in [0.2, 0.25) is 0 Å². The molecule has 0 aromatic heterocycles. The quantitative estimate of drug-likeness (QED) is 0.370. The van der Waals surface area contributed by atoms with Gasteiger partial charge in [0.1, 0.15) is 12.6 Å². The Morgan fingerprint density at radius 2 is 1.53 bits per heavy atom. The van der Waals surface area contributed by atoms with Crippen molar-refractivity contribution in [1.82, 2.24) is 10.2 Å². The largest absolute Gasteiger partial charge is 0.355 e. The van der Waals surface area contributed by atoms with Gasteiger partial charge < -0.3 is 10.2 Å². The Morgan fingerprint density at radius 1 is 0.895 bits per heavy atom. The number of benzene rings is 3. The summed E-state index contributed by atoms with van der Waals surface area (Å²) < 4.78 is 28.9. The summed E-state index contributed by atoms with van der Waals surface area (Å²) in [5.74, 6) is -0.680. The lowest BCUT2D eigenvalue weighted by Gasteiger charge is -2.33. The van der Waals surface area contributed by atoms with Crippen LogP contribution in [0.1, 0.15) is 37.0 Å². The molecule has 0 heterocycles. The highest BCUT2D eigenvalue weighted by molar-refractivity contribution is 7.92. The van der Waals surface area contributed by atoms with Gasteiger partial charge in [0.05, 0.1) is 10.6 Å². The number of rotatable bonds is 12. The van der Waals surface area contributed by atoms with E-state index in [4.69, 9.17) is 0 Å². The first-order valence-electron chi connectivity index (χ1n) is 12.9. The number of sulfonamides is 1. The van der Waals surface area contributed by atoms with Crippen LogP contribution in [0.25, 0.3) is 0 Å². The van der Waals surface area contributed by atoms with Crippen molar-refractivity contribution < 1.29 is 18.0 Å². The van der Waals surface area contributed by atoms with Crippen LogP contribution in [0.3, 0.4) is 0 Å². The topological polar surface area (TPSA) is 86.8 Å². The summed E-state index contributed by atoms with van der Waals surface area (Å²) in [6.07, 6.45) is 0.943. The molecular formula is C30H37N3O4S. The van der Waals surface area contributed by atoms with E-state index in [2.05, 4.69) is 5.32 Å². The summed E-state index contributed by atoms with van der Waals surface area (Å²) in [7, 11) is -4.07. The van der Waals surface area contributed by atoms with Crippen LogP contribution in [-0.4, -0.2) is 50.8 Å². The first-order chi connectivity index (χ1) is 18.2. The van der Waals surface area contributed by atoms with E-state index in [-0.39, 0.29) is 17.3 Å². The van der Waals surface area contributed by atoms with E-state index in [0.29, 0.717) is 25.1 Å². The molecule has 2 amide bonds. The van der Waals surface area contributed by atoms with Crippen LogP contribution in [0, 0.1) is 13.8 Å². The summed E-state index contributed by atoms with van der Waals surface area (Å²) >= 11 is 0. The number of nitrogens with zero attached hydrogens (tertiary/aromatic N) is 2. The molecule has 0 aliphatic heterocycles. The van der Waals surface area contributed by atoms with E-state index in [1.54, 1.807) is 24.3 Å². The summed E-state index contributed by atoms with van der Waals surface area (Å²) in [6, 6.07) is 22.6. The monoisotopic (exact) mass is 535 g/mol. The molecule has 0 saturated carbocycles. The Labute approximate surface area is 226 Å². The van der Waals surface area contributed by atoms with Crippen LogP contribution in [0.5, 0.6) is 0 Å². The molecule has 202 valence electrons. The van der Waals surface area contributed by atoms with Gasteiger partial charge in [0.2, 0.25) is 11.8 Å². The van der Waals surface area contributed by atoms with Gasteiger partial charge in [0.25, 0.3) is 10.0 Å². The molecule has 0 spiro atoms. The zero-order chi connectivity index (χ0) is 27.7. The van der Waals surface area contributed by atoms with Crippen molar-refractivity contribution >= 4 is 27.5 Å². The van der Waals surface area contributed by atoms with E-state index >= 15 is 0 Å². The molecular weight excluding hydrogens is 498 g/mol. The lowest BCUT2D eigenvalue weighted by molar-refractivity contribution is -0.139. The Hall–Kier alpha value is -3.65. The minimum atomic E-state index is -4.07. The molecule has 0 aliphatic rings. The number of anilines is 1. The van der Waals surface area contributed by atoms with Gasteiger partial charge in [-0.05, 0) is 68.5 Å². The molecule has 8 heteroatoms. The minimum absolute atomic E-state index is 0.0975. The molecule has 0 aliphatic carbocycles. The normalized spacial score (nSPS) is 12.0. The molecule has 38 heavy (non-hydrogen) atoms. The number of amides is 2. The van der Waals surface area contributed by atoms with Gasteiger partial charge in [-0.15, -0.1) is 0 Å². The van der Waals surface area contributed by atoms with Crippen LogP contribution in [0.4, 0.5) is 5.69 Å². The maximum absolute atomic E-state index is 14.0. The smallest absolute Gasteiger partial charge is 0.264 e. The zero-order valence-electron chi connectivity index (χ0n) is 22.6. The number of nitrogens with one attached hydrogen (secondary N) is 1. The number of aryl methyl sites for hydroxylation is 2. The van der Waals surface area contributed by atoms with Crippen molar-refractivity contribution in [2.24, 2.45) is 0 Å². The van der Waals surface area contributed by atoms with Gasteiger partial charge in [-0.2, -0.15) is 0 Å². The molecule has 3 aromatic rings. The Bertz CT molecular complexity index is 1330. The molecule has 0 bridgehead atoms. The van der Waals surface area contributed by atoms with Crippen molar-refractivity contribution in [1.29, 1.82) is 0 Å². The zero-order valence-corrected chi connectivity index (χ0v) is 23.4. The minimum Gasteiger partial charge on any atom is -0.355 e. The molecule has 0 radical (unpaired) electrons. The average molecular weight is 536 g/mol. The maximum atomic E-state index is 14.0. The molecule has 0 fully saturated rings. The summed E-state index contributed by atoms with van der Waals surface area (Å²) in [6.45, 7) is 7.68. The van der Waals surface area contributed by atoms with Crippen LogP contribution < -0.4 is 9.62 Å². The van der Waals surface area contributed by atoms with Crippen LogP contribution in [0.15, 0.2) is 83.8 Å². The van der Waals surface area contributed by atoms with E-state index < -0.39 is 28.5 Å². The molecule has 3 aromatic carbocycles. The van der Waals surface area contributed by atoms with Crippen molar-refractivity contribution in [2.75, 3.05) is 23.9 Å². The van der Waals surface area contributed by atoms with Gasteiger partial charge in [-0.3, -0.25) is 13.9 Å². The standard InChI is InChI=1S/C30H37N3O4S/c1-5-27(30(35)31-6-2)32(20-19-25-13-9-7-10-14-25)29(34)22-33(28-21-23(3)17-18-24(28)4)38(36,37)26-15-11-8-12-16-26/h7-18,21,27H,5-6,19-20,22H2,1-4H3,(H,31,35)/t27-/m1/s1. The van der Waals surface area contributed by atoms with E-state index in [9.17, 15) is 18.0 Å². The number of hydrogen-bond acceptors (Lipinski definition) is 4. The van der Waals surface area contributed by atoms with Crippen molar-refractivity contribution in [2.45, 2.75) is 51.5 Å². The Kier molecular flexibility index (Phi) is 10.1.